The summed E-state index contributed by atoms with van der Waals surface area (Å²) >= 11 is 3.32. The van der Waals surface area contributed by atoms with Gasteiger partial charge in [0.15, 0.2) is 0 Å². The van der Waals surface area contributed by atoms with E-state index in [-0.39, 0.29) is 5.91 Å². The smallest absolute Gasteiger partial charge is 0.251 e. The van der Waals surface area contributed by atoms with Gasteiger partial charge < -0.3 is 5.32 Å². The number of carbonyl (C=O) groups excluding carboxylic acids is 1. The minimum atomic E-state index is -0.0227. The van der Waals surface area contributed by atoms with Crippen molar-refractivity contribution in [3.8, 4) is 9.88 Å². The second kappa shape index (κ2) is 8.29. The van der Waals surface area contributed by atoms with Crippen molar-refractivity contribution in [3.05, 3.63) is 41.3 Å². The molecule has 0 unspecified atom stereocenters. The SMILES string of the molecule is CC(C)N(CCNC(=O)c1ccc2nc(-c3cccs3)sc2c1)C(C)C. The summed E-state index contributed by atoms with van der Waals surface area (Å²) in [5.41, 5.74) is 1.64. The van der Waals surface area contributed by atoms with Crippen LogP contribution in [0.3, 0.4) is 0 Å². The molecule has 2 heterocycles. The van der Waals surface area contributed by atoms with Crippen LogP contribution in [-0.4, -0.2) is 41.0 Å². The molecule has 0 aliphatic rings. The monoisotopic (exact) mass is 387 g/mol. The standard InChI is InChI=1S/C20H25N3OS2/c1-13(2)23(14(3)4)10-9-21-19(24)15-7-8-16-18(12-15)26-20(22-16)17-6-5-11-25-17/h5-8,11-14H,9-10H2,1-4H3,(H,21,24). The van der Waals surface area contributed by atoms with E-state index in [1.54, 1.807) is 22.7 Å². The topological polar surface area (TPSA) is 45.2 Å². The van der Waals surface area contributed by atoms with Gasteiger partial charge in [0, 0.05) is 30.7 Å². The Morgan fingerprint density at radius 3 is 2.62 bits per heavy atom. The van der Waals surface area contributed by atoms with E-state index in [0.29, 0.717) is 24.2 Å². The first kappa shape index (κ1) is 19.0. The average molecular weight is 388 g/mol. The Morgan fingerprint density at radius 2 is 1.96 bits per heavy atom. The van der Waals surface area contributed by atoms with Crippen molar-refractivity contribution in [3.63, 3.8) is 0 Å². The molecule has 0 atom stereocenters. The van der Waals surface area contributed by atoms with Gasteiger partial charge in [-0.3, -0.25) is 9.69 Å². The van der Waals surface area contributed by atoms with Crippen LogP contribution in [0, 0.1) is 0 Å². The Kier molecular flexibility index (Phi) is 6.06. The van der Waals surface area contributed by atoms with Crippen LogP contribution in [0.2, 0.25) is 0 Å². The summed E-state index contributed by atoms with van der Waals surface area (Å²) in [6.45, 7) is 10.2. The highest BCUT2D eigenvalue weighted by Gasteiger charge is 2.14. The van der Waals surface area contributed by atoms with Crippen LogP contribution in [0.1, 0.15) is 38.1 Å². The van der Waals surface area contributed by atoms with Crippen molar-refractivity contribution in [1.29, 1.82) is 0 Å². The van der Waals surface area contributed by atoms with E-state index in [1.165, 1.54) is 4.88 Å². The third-order valence-electron chi connectivity index (χ3n) is 4.36. The maximum atomic E-state index is 12.5. The van der Waals surface area contributed by atoms with Gasteiger partial charge in [-0.2, -0.15) is 0 Å². The van der Waals surface area contributed by atoms with Crippen molar-refractivity contribution in [2.24, 2.45) is 0 Å². The molecule has 2 aromatic heterocycles. The molecule has 4 nitrogen and oxygen atoms in total. The fraction of sp³-hybridized carbons (Fsp3) is 0.400. The predicted octanol–water partition coefficient (Wildman–Crippen LogP) is 4.87. The van der Waals surface area contributed by atoms with E-state index < -0.39 is 0 Å². The maximum Gasteiger partial charge on any atom is 0.251 e. The van der Waals surface area contributed by atoms with E-state index >= 15 is 0 Å². The molecule has 0 bridgehead atoms. The number of benzene rings is 1. The van der Waals surface area contributed by atoms with Crippen LogP contribution in [0.5, 0.6) is 0 Å². The van der Waals surface area contributed by atoms with Crippen LogP contribution in [0.25, 0.3) is 20.1 Å². The zero-order chi connectivity index (χ0) is 18.7. The number of amides is 1. The van der Waals surface area contributed by atoms with Gasteiger partial charge in [0.25, 0.3) is 5.91 Å². The number of thiazole rings is 1. The zero-order valence-corrected chi connectivity index (χ0v) is 17.3. The molecule has 0 saturated heterocycles. The fourth-order valence-corrected chi connectivity index (χ4v) is 4.89. The van der Waals surface area contributed by atoms with Crippen LogP contribution in [-0.2, 0) is 0 Å². The molecular weight excluding hydrogens is 362 g/mol. The molecule has 0 aliphatic heterocycles. The number of thiophene rings is 1. The zero-order valence-electron chi connectivity index (χ0n) is 15.7. The lowest BCUT2D eigenvalue weighted by atomic mass is 10.2. The van der Waals surface area contributed by atoms with Crippen LogP contribution in [0.4, 0.5) is 0 Å². The largest absolute Gasteiger partial charge is 0.351 e. The van der Waals surface area contributed by atoms with E-state index in [1.807, 2.05) is 24.3 Å². The van der Waals surface area contributed by atoms with E-state index in [4.69, 9.17) is 0 Å². The summed E-state index contributed by atoms with van der Waals surface area (Å²) in [6, 6.07) is 10.8. The highest BCUT2D eigenvalue weighted by atomic mass is 32.1. The highest BCUT2D eigenvalue weighted by Crippen LogP contribution is 2.33. The number of fused-ring (bicyclic) bond motifs is 1. The maximum absolute atomic E-state index is 12.5. The summed E-state index contributed by atoms with van der Waals surface area (Å²) in [7, 11) is 0. The van der Waals surface area contributed by atoms with Crippen LogP contribution in [0.15, 0.2) is 35.7 Å². The minimum absolute atomic E-state index is 0.0227. The Balaban J connectivity index is 1.67. The molecule has 1 N–H and O–H groups in total. The number of nitrogens with zero attached hydrogens (tertiary/aromatic N) is 2. The van der Waals surface area contributed by atoms with Gasteiger partial charge in [-0.25, -0.2) is 4.98 Å². The Labute approximate surface area is 162 Å². The Bertz CT molecular complexity index is 860. The van der Waals surface area contributed by atoms with Gasteiger partial charge >= 0.3 is 0 Å². The molecule has 0 aliphatic carbocycles. The van der Waals surface area contributed by atoms with Gasteiger partial charge in [-0.15, -0.1) is 22.7 Å². The van der Waals surface area contributed by atoms with Crippen LogP contribution >= 0.6 is 22.7 Å². The number of rotatable bonds is 7. The fourth-order valence-electron chi connectivity index (χ4n) is 3.08. The van der Waals surface area contributed by atoms with Gasteiger partial charge in [0.2, 0.25) is 0 Å². The van der Waals surface area contributed by atoms with E-state index in [2.05, 4.69) is 54.3 Å². The van der Waals surface area contributed by atoms with Crippen molar-refractivity contribution < 1.29 is 4.79 Å². The van der Waals surface area contributed by atoms with Crippen molar-refractivity contribution in [2.75, 3.05) is 13.1 Å². The third kappa shape index (κ3) is 4.31. The predicted molar refractivity (Wildman–Crippen MR) is 112 cm³/mol. The molecule has 138 valence electrons. The molecule has 0 saturated carbocycles. The lowest BCUT2D eigenvalue weighted by molar-refractivity contribution is 0.0939. The number of hydrogen-bond acceptors (Lipinski definition) is 5. The second-order valence-electron chi connectivity index (χ2n) is 6.86. The Hall–Kier alpha value is -1.76. The number of carbonyl (C=O) groups is 1. The molecule has 0 spiro atoms. The molecule has 0 radical (unpaired) electrons. The lowest BCUT2D eigenvalue weighted by Crippen LogP contribution is -2.42. The molecule has 3 aromatic rings. The van der Waals surface area contributed by atoms with E-state index in [9.17, 15) is 4.79 Å². The summed E-state index contributed by atoms with van der Waals surface area (Å²) in [5.74, 6) is -0.0227. The first-order chi connectivity index (χ1) is 12.5. The number of nitrogens with one attached hydrogen (secondary N) is 1. The first-order valence-electron chi connectivity index (χ1n) is 8.94. The Morgan fingerprint density at radius 1 is 1.19 bits per heavy atom. The molecule has 1 amide bonds. The van der Waals surface area contributed by atoms with Crippen molar-refractivity contribution in [1.82, 2.24) is 15.2 Å². The molecule has 0 fully saturated rings. The molecule has 3 rings (SSSR count). The first-order valence-corrected chi connectivity index (χ1v) is 10.6. The summed E-state index contributed by atoms with van der Waals surface area (Å²) in [5, 5.41) is 6.11. The molecular formula is C20H25N3OS2. The summed E-state index contributed by atoms with van der Waals surface area (Å²) in [4.78, 5) is 20.7. The van der Waals surface area contributed by atoms with Gasteiger partial charge in [-0.05, 0) is 57.3 Å². The summed E-state index contributed by atoms with van der Waals surface area (Å²) in [6.07, 6.45) is 0. The molecule has 26 heavy (non-hydrogen) atoms. The van der Waals surface area contributed by atoms with Gasteiger partial charge in [-0.1, -0.05) is 6.07 Å². The molecule has 6 heteroatoms. The van der Waals surface area contributed by atoms with Crippen LogP contribution < -0.4 is 5.32 Å². The lowest BCUT2D eigenvalue weighted by Gasteiger charge is -2.30. The van der Waals surface area contributed by atoms with Gasteiger partial charge in [0.05, 0.1) is 15.1 Å². The number of aromatic nitrogens is 1. The van der Waals surface area contributed by atoms with Crippen molar-refractivity contribution in [2.45, 2.75) is 39.8 Å². The minimum Gasteiger partial charge on any atom is -0.351 e. The second-order valence-corrected chi connectivity index (χ2v) is 8.84. The normalized spacial score (nSPS) is 11.8. The average Bonchev–Trinajstić information content (AvgIpc) is 3.25. The van der Waals surface area contributed by atoms with Gasteiger partial charge in [0.1, 0.15) is 5.01 Å². The highest BCUT2D eigenvalue weighted by molar-refractivity contribution is 7.25. The number of hydrogen-bond donors (Lipinski definition) is 1. The van der Waals surface area contributed by atoms with E-state index in [0.717, 1.165) is 21.8 Å². The van der Waals surface area contributed by atoms with Crippen molar-refractivity contribution >= 4 is 38.8 Å². The quantitative estimate of drug-likeness (QED) is 0.629. The third-order valence-corrected chi connectivity index (χ3v) is 6.42. The molecule has 1 aromatic carbocycles. The summed E-state index contributed by atoms with van der Waals surface area (Å²) < 4.78 is 1.05.